The van der Waals surface area contributed by atoms with E-state index < -0.39 is 5.91 Å². The fourth-order valence-electron chi connectivity index (χ4n) is 2.45. The van der Waals surface area contributed by atoms with E-state index in [4.69, 9.17) is 9.47 Å². The fraction of sp³-hybridized carbons (Fsp3) is 0.316. The predicted molar refractivity (Wildman–Crippen MR) is 99.0 cm³/mol. The number of nitrogens with zero attached hydrogens (tertiary/aromatic N) is 2. The van der Waals surface area contributed by atoms with Crippen LogP contribution in [0.15, 0.2) is 36.4 Å². The molecule has 0 saturated carbocycles. The first-order valence-corrected chi connectivity index (χ1v) is 8.33. The third kappa shape index (κ3) is 4.30. The van der Waals surface area contributed by atoms with Crippen LogP contribution in [0.1, 0.15) is 34.8 Å². The first-order chi connectivity index (χ1) is 12.5. The Hall–Kier alpha value is -3.09. The molecule has 0 bridgehead atoms. The SMILES string of the molecule is CCN(CC)C(=O)c1cccc(C(=O)Nc2cc(OC)ccc2OC)n1. The molecule has 0 aliphatic carbocycles. The van der Waals surface area contributed by atoms with Gasteiger partial charge in [0.05, 0.1) is 19.9 Å². The van der Waals surface area contributed by atoms with Crippen LogP contribution in [0.3, 0.4) is 0 Å². The van der Waals surface area contributed by atoms with E-state index in [0.29, 0.717) is 30.3 Å². The Balaban J connectivity index is 2.26. The van der Waals surface area contributed by atoms with Crippen molar-refractivity contribution >= 4 is 17.5 Å². The summed E-state index contributed by atoms with van der Waals surface area (Å²) in [6.07, 6.45) is 0. The number of nitrogens with one attached hydrogen (secondary N) is 1. The largest absolute Gasteiger partial charge is 0.497 e. The molecule has 2 aromatic rings. The third-order valence-electron chi connectivity index (χ3n) is 3.91. The van der Waals surface area contributed by atoms with E-state index in [9.17, 15) is 9.59 Å². The zero-order chi connectivity index (χ0) is 19.1. The normalized spacial score (nSPS) is 10.2. The van der Waals surface area contributed by atoms with Gasteiger partial charge >= 0.3 is 0 Å². The molecule has 1 aromatic heterocycles. The lowest BCUT2D eigenvalue weighted by atomic mass is 10.2. The van der Waals surface area contributed by atoms with Crippen LogP contribution in [0.25, 0.3) is 0 Å². The van der Waals surface area contributed by atoms with Crippen molar-refractivity contribution in [2.75, 3.05) is 32.6 Å². The smallest absolute Gasteiger partial charge is 0.274 e. The molecule has 0 fully saturated rings. The molecule has 1 heterocycles. The summed E-state index contributed by atoms with van der Waals surface area (Å²) in [7, 11) is 3.05. The average Bonchev–Trinajstić information content (AvgIpc) is 2.68. The minimum atomic E-state index is -0.439. The number of aromatic nitrogens is 1. The van der Waals surface area contributed by atoms with Crippen molar-refractivity contribution in [3.8, 4) is 11.5 Å². The summed E-state index contributed by atoms with van der Waals surface area (Å²) in [6, 6.07) is 9.88. The van der Waals surface area contributed by atoms with Gasteiger partial charge in [0.2, 0.25) is 0 Å². The minimum Gasteiger partial charge on any atom is -0.497 e. The molecule has 2 amide bonds. The van der Waals surface area contributed by atoms with Crippen LogP contribution in [0, 0.1) is 0 Å². The number of amides is 2. The topological polar surface area (TPSA) is 80.8 Å². The summed E-state index contributed by atoms with van der Waals surface area (Å²) >= 11 is 0. The van der Waals surface area contributed by atoms with E-state index in [0.717, 1.165) is 0 Å². The van der Waals surface area contributed by atoms with Crippen LogP contribution in [0.5, 0.6) is 11.5 Å². The molecule has 0 radical (unpaired) electrons. The maximum atomic E-state index is 12.6. The van der Waals surface area contributed by atoms with Crippen molar-refractivity contribution in [1.82, 2.24) is 9.88 Å². The molecular formula is C19H23N3O4. The molecule has 26 heavy (non-hydrogen) atoms. The number of anilines is 1. The zero-order valence-corrected chi connectivity index (χ0v) is 15.4. The third-order valence-corrected chi connectivity index (χ3v) is 3.91. The number of carbonyl (C=O) groups is 2. The number of ether oxygens (including phenoxy) is 2. The fourth-order valence-corrected chi connectivity index (χ4v) is 2.45. The van der Waals surface area contributed by atoms with Crippen molar-refractivity contribution in [2.45, 2.75) is 13.8 Å². The Morgan fingerprint density at radius 2 is 1.73 bits per heavy atom. The molecule has 1 aromatic carbocycles. The Labute approximate surface area is 152 Å². The van der Waals surface area contributed by atoms with Gasteiger partial charge in [-0.25, -0.2) is 4.98 Å². The number of hydrogen-bond acceptors (Lipinski definition) is 5. The van der Waals surface area contributed by atoms with Gasteiger partial charge in [0, 0.05) is 19.2 Å². The molecule has 0 atom stereocenters. The number of rotatable bonds is 7. The monoisotopic (exact) mass is 357 g/mol. The number of carbonyl (C=O) groups excluding carboxylic acids is 2. The van der Waals surface area contributed by atoms with Gasteiger partial charge < -0.3 is 19.7 Å². The van der Waals surface area contributed by atoms with Crippen LogP contribution in [0.2, 0.25) is 0 Å². The summed E-state index contributed by atoms with van der Waals surface area (Å²) < 4.78 is 10.4. The quantitative estimate of drug-likeness (QED) is 0.824. The molecule has 0 aliphatic heterocycles. The average molecular weight is 357 g/mol. The molecule has 0 spiro atoms. The first kappa shape index (κ1) is 19.2. The van der Waals surface area contributed by atoms with Crippen molar-refractivity contribution in [2.24, 2.45) is 0 Å². The van der Waals surface area contributed by atoms with Gasteiger partial charge in [0.25, 0.3) is 11.8 Å². The van der Waals surface area contributed by atoms with E-state index >= 15 is 0 Å². The van der Waals surface area contributed by atoms with Crippen molar-refractivity contribution < 1.29 is 19.1 Å². The lowest BCUT2D eigenvalue weighted by Gasteiger charge is -2.18. The second kappa shape index (κ2) is 8.84. The molecule has 138 valence electrons. The molecule has 7 nitrogen and oxygen atoms in total. The first-order valence-electron chi connectivity index (χ1n) is 8.33. The zero-order valence-electron chi connectivity index (χ0n) is 15.4. The maximum Gasteiger partial charge on any atom is 0.274 e. The Kier molecular flexibility index (Phi) is 6.54. The van der Waals surface area contributed by atoms with Crippen molar-refractivity contribution in [3.05, 3.63) is 47.8 Å². The molecule has 0 aliphatic rings. The van der Waals surface area contributed by atoms with E-state index in [1.165, 1.54) is 14.2 Å². The molecule has 0 unspecified atom stereocenters. The van der Waals surface area contributed by atoms with Gasteiger partial charge in [-0.05, 0) is 38.1 Å². The lowest BCUT2D eigenvalue weighted by molar-refractivity contribution is 0.0767. The van der Waals surface area contributed by atoms with Crippen LogP contribution in [-0.4, -0.2) is 49.0 Å². The molecule has 0 saturated heterocycles. The van der Waals surface area contributed by atoms with Gasteiger partial charge in [-0.15, -0.1) is 0 Å². The van der Waals surface area contributed by atoms with Crippen LogP contribution >= 0.6 is 0 Å². The predicted octanol–water partition coefficient (Wildman–Crippen LogP) is 2.83. The van der Waals surface area contributed by atoms with Gasteiger partial charge in [0.1, 0.15) is 22.9 Å². The van der Waals surface area contributed by atoms with Crippen LogP contribution in [0.4, 0.5) is 5.69 Å². The summed E-state index contributed by atoms with van der Waals surface area (Å²) in [4.78, 5) is 30.8. The number of hydrogen-bond donors (Lipinski definition) is 1. The van der Waals surface area contributed by atoms with E-state index in [1.54, 1.807) is 41.3 Å². The highest BCUT2D eigenvalue weighted by atomic mass is 16.5. The molecule has 1 N–H and O–H groups in total. The van der Waals surface area contributed by atoms with E-state index in [2.05, 4.69) is 10.3 Å². The van der Waals surface area contributed by atoms with Gasteiger partial charge in [0.15, 0.2) is 0 Å². The van der Waals surface area contributed by atoms with Gasteiger partial charge in [-0.1, -0.05) is 6.07 Å². The minimum absolute atomic E-state index is 0.146. The molecular weight excluding hydrogens is 334 g/mol. The standard InChI is InChI=1S/C19H23N3O4/c1-5-22(6-2)19(24)15-9-7-8-14(20-15)18(23)21-16-12-13(25-3)10-11-17(16)26-4/h7-12H,5-6H2,1-4H3,(H,21,23). The Bertz CT molecular complexity index is 788. The highest BCUT2D eigenvalue weighted by Gasteiger charge is 2.17. The summed E-state index contributed by atoms with van der Waals surface area (Å²) in [5, 5.41) is 2.74. The number of pyridine rings is 1. The molecule has 2 rings (SSSR count). The van der Waals surface area contributed by atoms with Crippen molar-refractivity contribution in [1.29, 1.82) is 0 Å². The van der Waals surface area contributed by atoms with Crippen molar-refractivity contribution in [3.63, 3.8) is 0 Å². The summed E-state index contributed by atoms with van der Waals surface area (Å²) in [5.41, 5.74) is 0.839. The second-order valence-corrected chi connectivity index (χ2v) is 5.41. The van der Waals surface area contributed by atoms with E-state index in [-0.39, 0.29) is 17.3 Å². The van der Waals surface area contributed by atoms with Gasteiger partial charge in [-0.2, -0.15) is 0 Å². The van der Waals surface area contributed by atoms with Gasteiger partial charge in [-0.3, -0.25) is 9.59 Å². The van der Waals surface area contributed by atoms with Crippen LogP contribution < -0.4 is 14.8 Å². The Morgan fingerprint density at radius 1 is 1.04 bits per heavy atom. The Morgan fingerprint density at radius 3 is 2.35 bits per heavy atom. The lowest BCUT2D eigenvalue weighted by Crippen LogP contribution is -2.31. The summed E-state index contributed by atoms with van der Waals surface area (Å²) in [6.45, 7) is 4.95. The highest BCUT2D eigenvalue weighted by Crippen LogP contribution is 2.29. The second-order valence-electron chi connectivity index (χ2n) is 5.41. The molecule has 7 heteroatoms. The highest BCUT2D eigenvalue weighted by molar-refractivity contribution is 6.04. The van der Waals surface area contributed by atoms with Crippen LogP contribution in [-0.2, 0) is 0 Å². The van der Waals surface area contributed by atoms with E-state index in [1.807, 2.05) is 13.8 Å². The number of methoxy groups -OCH3 is 2. The summed E-state index contributed by atoms with van der Waals surface area (Å²) in [5.74, 6) is 0.434. The number of benzene rings is 1. The maximum absolute atomic E-state index is 12.6.